The van der Waals surface area contributed by atoms with E-state index in [0.717, 1.165) is 38.5 Å². The van der Waals surface area contributed by atoms with Crippen LogP contribution >= 0.6 is 0 Å². The van der Waals surface area contributed by atoms with Gasteiger partial charge in [-0.3, -0.25) is 4.79 Å². The summed E-state index contributed by atoms with van der Waals surface area (Å²) >= 11 is 0. The molecule has 1 amide bonds. The van der Waals surface area contributed by atoms with Crippen LogP contribution in [-0.4, -0.2) is 50.1 Å². The van der Waals surface area contributed by atoms with Crippen LogP contribution in [0, 0.1) is 11.8 Å². The van der Waals surface area contributed by atoms with Gasteiger partial charge in [0.15, 0.2) is 0 Å². The van der Waals surface area contributed by atoms with Crippen LogP contribution in [0.4, 0.5) is 0 Å². The van der Waals surface area contributed by atoms with Crippen molar-refractivity contribution < 1.29 is 4.79 Å². The zero-order valence-electron chi connectivity index (χ0n) is 11.6. The van der Waals surface area contributed by atoms with Crippen molar-refractivity contribution in [1.82, 2.24) is 15.5 Å². The molecule has 2 N–H and O–H groups in total. The maximum Gasteiger partial charge on any atom is 0.220 e. The molecule has 0 bridgehead atoms. The number of likely N-dealkylation sites (tertiary alicyclic amines) is 1. The summed E-state index contributed by atoms with van der Waals surface area (Å²) < 4.78 is 0. The molecule has 0 saturated carbocycles. The Morgan fingerprint density at radius 2 is 2.06 bits per heavy atom. The molecule has 4 nitrogen and oxygen atoms in total. The number of amides is 1. The van der Waals surface area contributed by atoms with Gasteiger partial charge in [0.1, 0.15) is 0 Å². The Morgan fingerprint density at radius 3 is 2.67 bits per heavy atom. The SMILES string of the molecule is CC1CCN(CCCNC(=O)CC2CNC2)CC1. The third-order valence-corrected chi connectivity index (χ3v) is 4.19. The van der Waals surface area contributed by atoms with E-state index in [2.05, 4.69) is 22.5 Å². The zero-order valence-corrected chi connectivity index (χ0v) is 11.6. The van der Waals surface area contributed by atoms with Crippen LogP contribution < -0.4 is 10.6 Å². The molecule has 2 saturated heterocycles. The molecule has 2 aliphatic rings. The van der Waals surface area contributed by atoms with E-state index in [0.29, 0.717) is 12.3 Å². The van der Waals surface area contributed by atoms with E-state index < -0.39 is 0 Å². The predicted molar refractivity (Wildman–Crippen MR) is 73.4 cm³/mol. The average molecular weight is 253 g/mol. The van der Waals surface area contributed by atoms with Gasteiger partial charge in [0.25, 0.3) is 0 Å². The fraction of sp³-hybridized carbons (Fsp3) is 0.929. The van der Waals surface area contributed by atoms with Gasteiger partial charge in [-0.15, -0.1) is 0 Å². The number of hydrogen-bond donors (Lipinski definition) is 2. The summed E-state index contributed by atoms with van der Waals surface area (Å²) in [5.41, 5.74) is 0. The molecule has 104 valence electrons. The number of carbonyl (C=O) groups excluding carboxylic acids is 1. The second-order valence-electron chi connectivity index (χ2n) is 5.96. The fourth-order valence-corrected chi connectivity index (χ4v) is 2.64. The molecular formula is C14H27N3O. The van der Waals surface area contributed by atoms with Gasteiger partial charge in [-0.05, 0) is 63.8 Å². The third-order valence-electron chi connectivity index (χ3n) is 4.19. The molecule has 2 fully saturated rings. The van der Waals surface area contributed by atoms with Gasteiger partial charge >= 0.3 is 0 Å². The molecule has 4 heteroatoms. The molecule has 18 heavy (non-hydrogen) atoms. The van der Waals surface area contributed by atoms with E-state index in [1.807, 2.05) is 0 Å². The molecule has 0 aromatic carbocycles. The van der Waals surface area contributed by atoms with E-state index in [-0.39, 0.29) is 5.91 Å². The summed E-state index contributed by atoms with van der Waals surface area (Å²) in [6.45, 7) is 8.82. The highest BCUT2D eigenvalue weighted by atomic mass is 16.1. The van der Waals surface area contributed by atoms with Crippen molar-refractivity contribution in [2.75, 3.05) is 39.3 Å². The minimum absolute atomic E-state index is 0.230. The van der Waals surface area contributed by atoms with Crippen LogP contribution in [0.1, 0.15) is 32.6 Å². The van der Waals surface area contributed by atoms with Crippen molar-refractivity contribution in [3.05, 3.63) is 0 Å². The van der Waals surface area contributed by atoms with Gasteiger partial charge in [-0.25, -0.2) is 0 Å². The molecule has 0 atom stereocenters. The fourth-order valence-electron chi connectivity index (χ4n) is 2.64. The smallest absolute Gasteiger partial charge is 0.220 e. The first-order chi connectivity index (χ1) is 8.74. The second-order valence-corrected chi connectivity index (χ2v) is 5.96. The molecule has 0 aliphatic carbocycles. The Balaban J connectivity index is 1.46. The minimum atomic E-state index is 0.230. The van der Waals surface area contributed by atoms with Crippen LogP contribution in [0.5, 0.6) is 0 Å². The summed E-state index contributed by atoms with van der Waals surface area (Å²) in [4.78, 5) is 14.1. The van der Waals surface area contributed by atoms with Gasteiger partial charge in [0.05, 0.1) is 0 Å². The van der Waals surface area contributed by atoms with Crippen LogP contribution in [0.15, 0.2) is 0 Å². The quantitative estimate of drug-likeness (QED) is 0.689. The number of nitrogens with zero attached hydrogens (tertiary/aromatic N) is 1. The lowest BCUT2D eigenvalue weighted by atomic mass is 9.99. The molecule has 0 spiro atoms. The lowest BCUT2D eigenvalue weighted by Gasteiger charge is -2.30. The number of piperidine rings is 1. The lowest BCUT2D eigenvalue weighted by molar-refractivity contribution is -0.122. The van der Waals surface area contributed by atoms with E-state index in [4.69, 9.17) is 0 Å². The van der Waals surface area contributed by atoms with E-state index in [1.54, 1.807) is 0 Å². The second kappa shape index (κ2) is 7.10. The van der Waals surface area contributed by atoms with E-state index in [9.17, 15) is 4.79 Å². The number of nitrogens with one attached hydrogen (secondary N) is 2. The van der Waals surface area contributed by atoms with Crippen LogP contribution in [0.2, 0.25) is 0 Å². The van der Waals surface area contributed by atoms with E-state index in [1.165, 1.54) is 25.9 Å². The van der Waals surface area contributed by atoms with Crippen molar-refractivity contribution >= 4 is 5.91 Å². The summed E-state index contributed by atoms with van der Waals surface area (Å²) in [5.74, 6) is 1.71. The largest absolute Gasteiger partial charge is 0.356 e. The van der Waals surface area contributed by atoms with Gasteiger partial charge in [-0.2, -0.15) is 0 Å². The molecule has 0 unspecified atom stereocenters. The molecule has 0 aromatic rings. The highest BCUT2D eigenvalue weighted by Gasteiger charge is 2.19. The first kappa shape index (κ1) is 13.8. The first-order valence-electron chi connectivity index (χ1n) is 7.44. The van der Waals surface area contributed by atoms with Crippen LogP contribution in [-0.2, 0) is 4.79 Å². The maximum atomic E-state index is 11.6. The van der Waals surface area contributed by atoms with Crippen molar-refractivity contribution in [3.8, 4) is 0 Å². The Morgan fingerprint density at radius 1 is 1.33 bits per heavy atom. The van der Waals surface area contributed by atoms with Crippen molar-refractivity contribution in [2.45, 2.75) is 32.6 Å². The normalized spacial score (nSPS) is 22.7. The Bertz CT molecular complexity index is 258. The zero-order chi connectivity index (χ0) is 12.8. The third kappa shape index (κ3) is 4.58. The molecule has 0 radical (unpaired) electrons. The van der Waals surface area contributed by atoms with Crippen molar-refractivity contribution in [2.24, 2.45) is 11.8 Å². The molecular weight excluding hydrogens is 226 g/mol. The number of hydrogen-bond acceptors (Lipinski definition) is 3. The highest BCUT2D eigenvalue weighted by molar-refractivity contribution is 5.76. The maximum absolute atomic E-state index is 11.6. The first-order valence-corrected chi connectivity index (χ1v) is 7.44. The molecule has 2 aliphatic heterocycles. The van der Waals surface area contributed by atoms with Gasteiger partial charge in [-0.1, -0.05) is 6.92 Å². The summed E-state index contributed by atoms with van der Waals surface area (Å²) in [6, 6.07) is 0. The van der Waals surface area contributed by atoms with Crippen molar-refractivity contribution in [3.63, 3.8) is 0 Å². The Labute approximate surface area is 110 Å². The van der Waals surface area contributed by atoms with Gasteiger partial charge in [0, 0.05) is 13.0 Å². The molecule has 2 heterocycles. The summed E-state index contributed by atoms with van der Waals surface area (Å²) in [7, 11) is 0. The number of rotatable bonds is 6. The van der Waals surface area contributed by atoms with E-state index >= 15 is 0 Å². The van der Waals surface area contributed by atoms with Gasteiger partial charge < -0.3 is 15.5 Å². The average Bonchev–Trinajstić information content (AvgIpc) is 2.32. The van der Waals surface area contributed by atoms with Crippen molar-refractivity contribution in [1.29, 1.82) is 0 Å². The Kier molecular flexibility index (Phi) is 5.45. The Hall–Kier alpha value is -0.610. The van der Waals surface area contributed by atoms with Gasteiger partial charge in [0.2, 0.25) is 5.91 Å². The lowest BCUT2D eigenvalue weighted by Crippen LogP contribution is -2.44. The van der Waals surface area contributed by atoms with Crippen LogP contribution in [0.3, 0.4) is 0 Å². The summed E-state index contributed by atoms with van der Waals surface area (Å²) in [5, 5.41) is 6.23. The topological polar surface area (TPSA) is 44.4 Å². The number of carbonyl (C=O) groups is 1. The predicted octanol–water partition coefficient (Wildman–Crippen LogP) is 0.834. The molecule has 2 rings (SSSR count). The molecule has 0 aromatic heterocycles. The summed E-state index contributed by atoms with van der Waals surface area (Å²) in [6.07, 6.45) is 4.46. The monoisotopic (exact) mass is 253 g/mol. The minimum Gasteiger partial charge on any atom is -0.356 e. The highest BCUT2D eigenvalue weighted by Crippen LogP contribution is 2.15. The standard InChI is InChI=1S/C14H27N3O/c1-12-3-7-17(8-4-12)6-2-5-16-14(18)9-13-10-15-11-13/h12-13,15H,2-11H2,1H3,(H,16,18). The van der Waals surface area contributed by atoms with Crippen LogP contribution in [0.25, 0.3) is 0 Å².